The van der Waals surface area contributed by atoms with Crippen LogP contribution >= 0.6 is 0 Å². The summed E-state index contributed by atoms with van der Waals surface area (Å²) >= 11 is 0. The number of carbonyl (C=O) groups excluding carboxylic acids is 2. The summed E-state index contributed by atoms with van der Waals surface area (Å²) in [5.41, 5.74) is 4.61. The molecule has 4 atom stereocenters. The van der Waals surface area contributed by atoms with Gasteiger partial charge in [0.2, 0.25) is 0 Å². The summed E-state index contributed by atoms with van der Waals surface area (Å²) in [6.07, 6.45) is -0.442. The van der Waals surface area contributed by atoms with Crippen molar-refractivity contribution in [2.24, 2.45) is 0 Å². The van der Waals surface area contributed by atoms with Crippen LogP contribution in [-0.2, 0) is 9.47 Å². The number of rotatable bonds is 17. The van der Waals surface area contributed by atoms with Crippen molar-refractivity contribution in [3.63, 3.8) is 0 Å². The Morgan fingerprint density at radius 3 is 1.59 bits per heavy atom. The van der Waals surface area contributed by atoms with E-state index in [0.29, 0.717) is 91.9 Å². The standard InChI is InChI=1S/C43H64N4O9Si2/c1-28-18-35-42(50)46(26-53-14-16-57(5,6)7)33-22-37(30(3)20-31(33)40(48)44(35)24-28)55-12-11-13-56-39-23-34-32(21-38(39)52-4)41(49)45-25-29(2)19-36(45)43(51)47(34)27-54-15-17-58(8,9)10/h20-23,35-36,42-43,50-51H,1-2,11-19,24-27H2,3-10H3/t35-,36-,42?,43?/m0/s1. The van der Waals surface area contributed by atoms with Gasteiger partial charge in [-0.1, -0.05) is 63.6 Å². The van der Waals surface area contributed by atoms with Crippen molar-refractivity contribution in [2.75, 3.05) is 69.9 Å². The zero-order valence-electron chi connectivity index (χ0n) is 35.8. The molecule has 4 heterocycles. The Morgan fingerprint density at radius 2 is 1.12 bits per heavy atom. The first-order valence-corrected chi connectivity index (χ1v) is 27.9. The quantitative estimate of drug-likeness (QED) is 0.106. The molecule has 2 saturated heterocycles. The lowest BCUT2D eigenvalue weighted by Gasteiger charge is -2.33. The molecule has 0 bridgehead atoms. The molecule has 4 aliphatic heterocycles. The number of hydrogen-bond acceptors (Lipinski definition) is 11. The molecular weight excluding hydrogens is 773 g/mol. The van der Waals surface area contributed by atoms with Gasteiger partial charge in [-0.15, -0.1) is 0 Å². The first-order chi connectivity index (χ1) is 27.4. The van der Waals surface area contributed by atoms with Gasteiger partial charge < -0.3 is 53.5 Å². The molecule has 2 N–H and O–H groups in total. The summed E-state index contributed by atoms with van der Waals surface area (Å²) in [5, 5.41) is 23.4. The average Bonchev–Trinajstić information content (AvgIpc) is 3.72. The Hall–Kier alpha value is -3.87. The molecule has 2 aromatic rings. The first-order valence-electron chi connectivity index (χ1n) is 20.5. The summed E-state index contributed by atoms with van der Waals surface area (Å²) in [4.78, 5) is 34.8. The Kier molecular flexibility index (Phi) is 13.4. The Morgan fingerprint density at radius 1 is 0.672 bits per heavy atom. The van der Waals surface area contributed by atoms with E-state index in [-0.39, 0.29) is 31.9 Å². The third-order valence-electron chi connectivity index (χ3n) is 11.3. The molecule has 0 spiro atoms. The number of aliphatic hydroxyl groups excluding tert-OH is 2. The van der Waals surface area contributed by atoms with Crippen LogP contribution in [0.25, 0.3) is 0 Å². The van der Waals surface area contributed by atoms with Gasteiger partial charge in [0, 0.05) is 61.0 Å². The minimum atomic E-state index is -1.35. The van der Waals surface area contributed by atoms with E-state index in [1.165, 1.54) is 7.11 Å². The molecule has 58 heavy (non-hydrogen) atoms. The van der Waals surface area contributed by atoms with Crippen molar-refractivity contribution >= 4 is 39.3 Å². The molecule has 6 rings (SSSR count). The average molecular weight is 837 g/mol. The minimum absolute atomic E-state index is 0.112. The number of benzene rings is 2. The largest absolute Gasteiger partial charge is 0.493 e. The van der Waals surface area contributed by atoms with Crippen LogP contribution in [0.4, 0.5) is 11.4 Å². The third-order valence-corrected chi connectivity index (χ3v) is 14.8. The number of fused-ring (bicyclic) bond motifs is 4. The second-order valence-corrected chi connectivity index (χ2v) is 29.8. The molecule has 2 unspecified atom stereocenters. The molecule has 4 aliphatic rings. The Balaban J connectivity index is 1.17. The van der Waals surface area contributed by atoms with Gasteiger partial charge in [0.05, 0.1) is 54.9 Å². The SMILES string of the molecule is C=C1C[C@H]2C(O)N(COCC[Si](C)(C)C)c3cc(OCCCOc4cc5c(cc4OC)C(=O)N4CC(=C)C[C@H]4C(O)N5COCC[Si](C)(C)C)c(C)cc3C(=O)N2C1. The van der Waals surface area contributed by atoms with Crippen molar-refractivity contribution in [2.45, 2.75) is 102 Å². The van der Waals surface area contributed by atoms with E-state index in [1.807, 2.05) is 19.1 Å². The van der Waals surface area contributed by atoms with E-state index in [9.17, 15) is 19.8 Å². The Labute approximate surface area is 346 Å². The lowest BCUT2D eigenvalue weighted by molar-refractivity contribution is 0.0371. The van der Waals surface area contributed by atoms with Gasteiger partial charge in [0.25, 0.3) is 11.8 Å². The van der Waals surface area contributed by atoms with E-state index >= 15 is 0 Å². The number of methoxy groups -OCH3 is 1. The van der Waals surface area contributed by atoms with Crippen molar-refractivity contribution in [1.82, 2.24) is 9.80 Å². The fourth-order valence-electron chi connectivity index (χ4n) is 7.91. The zero-order chi connectivity index (χ0) is 42.1. The van der Waals surface area contributed by atoms with Crippen LogP contribution in [0.1, 0.15) is 45.5 Å². The van der Waals surface area contributed by atoms with Crippen molar-refractivity contribution < 1.29 is 43.5 Å². The fourth-order valence-corrected chi connectivity index (χ4v) is 9.43. The van der Waals surface area contributed by atoms with E-state index in [2.05, 4.69) is 52.4 Å². The van der Waals surface area contributed by atoms with E-state index < -0.39 is 40.7 Å². The van der Waals surface area contributed by atoms with Gasteiger partial charge in [0.1, 0.15) is 31.7 Å². The monoisotopic (exact) mass is 836 g/mol. The van der Waals surface area contributed by atoms with E-state index in [0.717, 1.165) is 28.8 Å². The number of nitrogens with zero attached hydrogens (tertiary/aromatic N) is 4. The molecule has 0 radical (unpaired) electrons. The van der Waals surface area contributed by atoms with Gasteiger partial charge >= 0.3 is 0 Å². The maximum atomic E-state index is 13.9. The van der Waals surface area contributed by atoms with Crippen LogP contribution in [-0.4, -0.2) is 133 Å². The predicted molar refractivity (Wildman–Crippen MR) is 232 cm³/mol. The number of anilines is 2. The van der Waals surface area contributed by atoms with Crippen molar-refractivity contribution in [3.8, 4) is 17.2 Å². The number of amides is 2. The molecule has 13 nitrogen and oxygen atoms in total. The van der Waals surface area contributed by atoms with Crippen LogP contribution in [0.5, 0.6) is 17.2 Å². The van der Waals surface area contributed by atoms with Gasteiger partial charge in [-0.2, -0.15) is 0 Å². The maximum absolute atomic E-state index is 13.9. The van der Waals surface area contributed by atoms with Gasteiger partial charge in [-0.3, -0.25) is 9.59 Å². The first kappa shape index (κ1) is 43.7. The summed E-state index contributed by atoms with van der Waals surface area (Å²) in [5.74, 6) is 1.09. The van der Waals surface area contributed by atoms with Gasteiger partial charge in [-0.25, -0.2) is 0 Å². The van der Waals surface area contributed by atoms with Crippen LogP contribution < -0.4 is 24.0 Å². The lowest BCUT2D eigenvalue weighted by atomic mass is 10.1. The highest BCUT2D eigenvalue weighted by Gasteiger charge is 2.45. The summed E-state index contributed by atoms with van der Waals surface area (Å²) < 4.78 is 30.6. The highest BCUT2D eigenvalue weighted by molar-refractivity contribution is 6.76. The molecule has 0 aliphatic carbocycles. The molecular formula is C43H64N4O9Si2. The maximum Gasteiger partial charge on any atom is 0.256 e. The summed E-state index contributed by atoms with van der Waals surface area (Å²) in [7, 11) is -1.15. The molecule has 2 aromatic carbocycles. The lowest BCUT2D eigenvalue weighted by Crippen LogP contribution is -2.49. The smallest absolute Gasteiger partial charge is 0.256 e. The van der Waals surface area contributed by atoms with Crippen LogP contribution in [0.2, 0.25) is 51.4 Å². The number of ether oxygens (including phenoxy) is 5. The molecule has 0 saturated carbocycles. The molecule has 318 valence electrons. The van der Waals surface area contributed by atoms with E-state index in [4.69, 9.17) is 23.7 Å². The third kappa shape index (κ3) is 9.77. The van der Waals surface area contributed by atoms with Gasteiger partial charge in [0.15, 0.2) is 11.5 Å². The Bertz CT molecular complexity index is 1880. The number of hydrogen-bond donors (Lipinski definition) is 2. The molecule has 15 heteroatoms. The number of carbonyl (C=O) groups is 2. The predicted octanol–water partition coefficient (Wildman–Crippen LogP) is 6.29. The molecule has 0 aromatic heterocycles. The van der Waals surface area contributed by atoms with Crippen LogP contribution in [0.15, 0.2) is 48.6 Å². The summed E-state index contributed by atoms with van der Waals surface area (Å²) in [6.45, 7) is 26.6. The topological polar surface area (TPSA) is 134 Å². The fraction of sp³-hybridized carbons (Fsp3) is 0.581. The van der Waals surface area contributed by atoms with Crippen molar-refractivity contribution in [3.05, 3.63) is 65.3 Å². The summed E-state index contributed by atoms with van der Waals surface area (Å²) in [6, 6.07) is 8.20. The second-order valence-electron chi connectivity index (χ2n) is 18.6. The second kappa shape index (κ2) is 17.8. The molecule has 2 fully saturated rings. The van der Waals surface area contributed by atoms with Crippen LogP contribution in [0, 0.1) is 6.92 Å². The highest BCUT2D eigenvalue weighted by Crippen LogP contribution is 2.42. The minimum Gasteiger partial charge on any atom is -0.493 e. The van der Waals surface area contributed by atoms with E-state index in [1.54, 1.807) is 31.7 Å². The number of aryl methyl sites for hydroxylation is 1. The normalized spacial score (nSPS) is 22.1. The molecule has 2 amide bonds. The van der Waals surface area contributed by atoms with Gasteiger partial charge in [-0.05, 0) is 49.5 Å². The zero-order valence-corrected chi connectivity index (χ0v) is 37.8. The highest BCUT2D eigenvalue weighted by atomic mass is 28.3. The number of aliphatic hydroxyl groups is 2. The van der Waals surface area contributed by atoms with Crippen LogP contribution in [0.3, 0.4) is 0 Å². The van der Waals surface area contributed by atoms with Crippen molar-refractivity contribution in [1.29, 1.82) is 0 Å².